The van der Waals surface area contributed by atoms with Crippen LogP contribution in [0.1, 0.15) is 184 Å². The predicted molar refractivity (Wildman–Crippen MR) is 212 cm³/mol. The molecule has 2 unspecified atom stereocenters. The lowest BCUT2D eigenvalue weighted by molar-refractivity contribution is -0.159. The molecule has 0 amide bonds. The molecule has 0 bridgehead atoms. The van der Waals surface area contributed by atoms with Crippen LogP contribution in [0.4, 0.5) is 0 Å². The van der Waals surface area contributed by atoms with E-state index in [0.29, 0.717) is 17.8 Å². The molecule has 0 aromatic carbocycles. The highest BCUT2D eigenvalue weighted by Gasteiger charge is 2.57. The number of hydrogen-bond acceptors (Lipinski definition) is 6. The molecule has 6 nitrogen and oxygen atoms in total. The fourth-order valence-corrected chi connectivity index (χ4v) is 8.51. The first-order valence-electron chi connectivity index (χ1n) is 21.6. The summed E-state index contributed by atoms with van der Waals surface area (Å²) in [4.78, 5) is 34.1. The average Bonchev–Trinajstić information content (AvgIpc) is 3.12. The minimum absolute atomic E-state index is 0.182. The summed E-state index contributed by atoms with van der Waals surface area (Å²) in [6.07, 6.45) is 22.8. The molecule has 2 aliphatic rings. The highest BCUT2D eigenvalue weighted by molar-refractivity contribution is 6.43. The number of Topliss-reactive ketones (excluding diaryl/α,β-unsaturated/α-hetero) is 2. The van der Waals surface area contributed by atoms with Gasteiger partial charge in [-0.05, 0) is 109 Å². The molecule has 0 aromatic heterocycles. The number of hydrogen-bond donors (Lipinski definition) is 0. The van der Waals surface area contributed by atoms with Gasteiger partial charge in [-0.3, -0.25) is 19.4 Å². The summed E-state index contributed by atoms with van der Waals surface area (Å²) in [7, 11) is 0. The maximum atomic E-state index is 14.9. The van der Waals surface area contributed by atoms with Gasteiger partial charge in [0.15, 0.2) is 0 Å². The number of ether oxygens (including phenoxy) is 2. The molecule has 0 spiro atoms. The molecule has 0 aromatic rings. The largest absolute Gasteiger partial charge is 0.381 e. The molecule has 0 saturated carbocycles. The van der Waals surface area contributed by atoms with E-state index < -0.39 is 11.1 Å². The Morgan fingerprint density at radius 3 is 1.42 bits per heavy atom. The summed E-state index contributed by atoms with van der Waals surface area (Å²) in [5.41, 5.74) is -2.04. The van der Waals surface area contributed by atoms with E-state index in [1.807, 2.05) is 13.8 Å². The van der Waals surface area contributed by atoms with Crippen molar-refractivity contribution >= 4 is 11.6 Å². The standard InChI is InChI=1S/C44H84N2O4/c1-10-13-16-18-20-22-33-49-35-38-25-29-45(30-26-38)43(7,8)40(47)41(48)44(9,42(5,6)37(4)24-15-12-3)46-31-27-39(28-32-46)36-50-34-23-21-19-17-14-11-2/h37-39H,10-36H2,1-9H3. The second-order valence-corrected chi connectivity index (χ2v) is 17.6. The van der Waals surface area contributed by atoms with Crippen LogP contribution in [0.15, 0.2) is 0 Å². The third kappa shape index (κ3) is 13.5. The Morgan fingerprint density at radius 1 is 0.580 bits per heavy atom. The van der Waals surface area contributed by atoms with Gasteiger partial charge in [-0.1, -0.05) is 125 Å². The topological polar surface area (TPSA) is 59.1 Å². The van der Waals surface area contributed by atoms with Crippen molar-refractivity contribution in [3.05, 3.63) is 0 Å². The van der Waals surface area contributed by atoms with E-state index in [0.717, 1.165) is 110 Å². The summed E-state index contributed by atoms with van der Waals surface area (Å²) >= 11 is 0. The average molecular weight is 705 g/mol. The fourth-order valence-electron chi connectivity index (χ4n) is 8.51. The van der Waals surface area contributed by atoms with E-state index in [9.17, 15) is 9.59 Å². The van der Waals surface area contributed by atoms with Crippen molar-refractivity contribution < 1.29 is 19.1 Å². The summed E-state index contributed by atoms with van der Waals surface area (Å²) < 4.78 is 12.2. The Labute approximate surface area is 310 Å². The molecule has 2 aliphatic heterocycles. The lowest BCUT2D eigenvalue weighted by Gasteiger charge is -2.55. The first-order chi connectivity index (χ1) is 23.9. The number of unbranched alkanes of at least 4 members (excludes halogenated alkanes) is 11. The number of nitrogens with zero attached hydrogens (tertiary/aromatic N) is 2. The van der Waals surface area contributed by atoms with E-state index in [1.165, 1.54) is 64.2 Å². The minimum atomic E-state index is -0.860. The van der Waals surface area contributed by atoms with Gasteiger partial charge in [0, 0.05) is 26.4 Å². The van der Waals surface area contributed by atoms with Crippen LogP contribution in [0, 0.1) is 23.2 Å². The van der Waals surface area contributed by atoms with Crippen LogP contribution in [-0.4, -0.2) is 85.1 Å². The molecule has 2 fully saturated rings. The Morgan fingerprint density at radius 2 is 0.980 bits per heavy atom. The normalized spacial score (nSPS) is 19.5. The molecule has 50 heavy (non-hydrogen) atoms. The number of rotatable bonds is 28. The number of piperidine rings is 2. The van der Waals surface area contributed by atoms with Crippen LogP contribution in [0.2, 0.25) is 0 Å². The number of likely N-dealkylation sites (tertiary alicyclic amines) is 2. The van der Waals surface area contributed by atoms with Gasteiger partial charge < -0.3 is 9.47 Å². The first kappa shape index (κ1) is 45.3. The van der Waals surface area contributed by atoms with Crippen molar-refractivity contribution in [2.24, 2.45) is 23.2 Å². The zero-order valence-corrected chi connectivity index (χ0v) is 34.9. The second kappa shape index (κ2) is 23.8. The monoisotopic (exact) mass is 705 g/mol. The third-order valence-electron chi connectivity index (χ3n) is 13.3. The van der Waals surface area contributed by atoms with Crippen molar-refractivity contribution in [3.8, 4) is 0 Å². The molecule has 0 N–H and O–H groups in total. The minimum Gasteiger partial charge on any atom is -0.381 e. The molecular formula is C44H84N2O4. The number of carbonyl (C=O) groups is 2. The predicted octanol–water partition coefficient (Wildman–Crippen LogP) is 10.7. The number of ketones is 2. The van der Waals surface area contributed by atoms with Crippen LogP contribution in [0.3, 0.4) is 0 Å². The summed E-state index contributed by atoms with van der Waals surface area (Å²) in [5, 5.41) is 0. The van der Waals surface area contributed by atoms with E-state index in [-0.39, 0.29) is 17.0 Å². The van der Waals surface area contributed by atoms with Gasteiger partial charge >= 0.3 is 0 Å². The second-order valence-electron chi connectivity index (χ2n) is 17.6. The van der Waals surface area contributed by atoms with E-state index >= 15 is 0 Å². The van der Waals surface area contributed by atoms with Crippen LogP contribution in [0.25, 0.3) is 0 Å². The van der Waals surface area contributed by atoms with Gasteiger partial charge in [0.25, 0.3) is 0 Å². The molecule has 2 atom stereocenters. The van der Waals surface area contributed by atoms with E-state index in [2.05, 4.69) is 58.3 Å². The Hall–Kier alpha value is -0.820. The van der Waals surface area contributed by atoms with E-state index in [1.54, 1.807) is 0 Å². The molecule has 2 heterocycles. The van der Waals surface area contributed by atoms with Crippen molar-refractivity contribution in [2.45, 2.75) is 195 Å². The molecular weight excluding hydrogens is 620 g/mol. The van der Waals surface area contributed by atoms with Gasteiger partial charge in [0.1, 0.15) is 0 Å². The van der Waals surface area contributed by atoms with Crippen molar-refractivity contribution in [3.63, 3.8) is 0 Å². The van der Waals surface area contributed by atoms with Crippen LogP contribution in [0.5, 0.6) is 0 Å². The summed E-state index contributed by atoms with van der Waals surface area (Å²) in [6.45, 7) is 26.4. The van der Waals surface area contributed by atoms with Crippen LogP contribution in [-0.2, 0) is 19.1 Å². The molecule has 0 aliphatic carbocycles. The van der Waals surface area contributed by atoms with Gasteiger partial charge in [-0.25, -0.2) is 0 Å². The Bertz CT molecular complexity index is 919. The highest BCUT2D eigenvalue weighted by atomic mass is 16.5. The Balaban J connectivity index is 2.01. The van der Waals surface area contributed by atoms with Crippen LogP contribution >= 0.6 is 0 Å². The maximum absolute atomic E-state index is 14.9. The number of carbonyl (C=O) groups excluding carboxylic acids is 2. The van der Waals surface area contributed by atoms with Crippen LogP contribution < -0.4 is 0 Å². The SMILES string of the molecule is CCCCCCCCOCC1CCN(C(C)(C)C(=O)C(=O)C(C)(N2CCC(COCCCCCCCC)CC2)C(C)(C)C(C)CCCC)CC1. The first-order valence-corrected chi connectivity index (χ1v) is 21.6. The zero-order chi connectivity index (χ0) is 37.0. The summed E-state index contributed by atoms with van der Waals surface area (Å²) in [5.74, 6) is 0.982. The van der Waals surface area contributed by atoms with Gasteiger partial charge in [0.2, 0.25) is 11.6 Å². The maximum Gasteiger partial charge on any atom is 0.220 e. The molecule has 6 heteroatoms. The molecule has 2 rings (SSSR count). The van der Waals surface area contributed by atoms with E-state index in [4.69, 9.17) is 9.47 Å². The Kier molecular flexibility index (Phi) is 21.5. The van der Waals surface area contributed by atoms with Gasteiger partial charge in [-0.15, -0.1) is 0 Å². The lowest BCUT2D eigenvalue weighted by Crippen LogP contribution is -2.69. The molecule has 0 radical (unpaired) electrons. The quantitative estimate of drug-likeness (QED) is 0.0597. The van der Waals surface area contributed by atoms with Crippen molar-refractivity contribution in [2.75, 3.05) is 52.6 Å². The van der Waals surface area contributed by atoms with Gasteiger partial charge in [-0.2, -0.15) is 0 Å². The van der Waals surface area contributed by atoms with Gasteiger partial charge in [0.05, 0.1) is 11.1 Å². The van der Waals surface area contributed by atoms with Crippen molar-refractivity contribution in [1.82, 2.24) is 9.80 Å². The fraction of sp³-hybridized carbons (Fsp3) is 0.955. The van der Waals surface area contributed by atoms with Crippen molar-refractivity contribution in [1.29, 1.82) is 0 Å². The summed E-state index contributed by atoms with van der Waals surface area (Å²) in [6, 6.07) is 0. The molecule has 2 saturated heterocycles. The molecule has 294 valence electrons. The highest BCUT2D eigenvalue weighted by Crippen LogP contribution is 2.47. The third-order valence-corrected chi connectivity index (χ3v) is 13.3. The zero-order valence-electron chi connectivity index (χ0n) is 34.9. The lowest BCUT2D eigenvalue weighted by atomic mass is 9.60. The smallest absolute Gasteiger partial charge is 0.220 e.